The molecule has 6 nitrogen and oxygen atoms in total. The third-order valence-corrected chi connectivity index (χ3v) is 6.87. The summed E-state index contributed by atoms with van der Waals surface area (Å²) in [5, 5.41) is 4.88. The molecule has 1 aliphatic rings. The van der Waals surface area contributed by atoms with E-state index in [0.29, 0.717) is 11.3 Å². The first kappa shape index (κ1) is 21.4. The molecule has 172 valence electrons. The van der Waals surface area contributed by atoms with Crippen LogP contribution in [0.3, 0.4) is 0 Å². The average molecular weight is 480 g/mol. The fourth-order valence-electron chi connectivity index (χ4n) is 5.33. The second kappa shape index (κ2) is 8.25. The number of nitrogens with zero attached hydrogens (tertiary/aromatic N) is 4. The molecular formula is C28H22ClN5O. The van der Waals surface area contributed by atoms with Gasteiger partial charge in [-0.3, -0.25) is 0 Å². The van der Waals surface area contributed by atoms with Crippen LogP contribution in [0, 0.1) is 0 Å². The fraction of sp³-hybridized carbons (Fsp3) is 0.107. The van der Waals surface area contributed by atoms with Crippen molar-refractivity contribution in [1.82, 2.24) is 19.5 Å². The van der Waals surface area contributed by atoms with E-state index < -0.39 is 0 Å². The highest BCUT2D eigenvalue weighted by atomic mass is 35.5. The molecule has 1 aliphatic heterocycles. The molecule has 6 aromatic rings. The molecule has 0 saturated carbocycles. The summed E-state index contributed by atoms with van der Waals surface area (Å²) in [5.74, 6) is 2.40. The quantitative estimate of drug-likeness (QED) is 0.315. The van der Waals surface area contributed by atoms with Crippen molar-refractivity contribution >= 4 is 50.9 Å². The predicted octanol–water partition coefficient (Wildman–Crippen LogP) is 6.46. The highest BCUT2D eigenvalue weighted by Gasteiger charge is 2.30. The Morgan fingerprint density at radius 3 is 2.06 bits per heavy atom. The molecule has 35 heavy (non-hydrogen) atoms. The van der Waals surface area contributed by atoms with E-state index in [0.717, 1.165) is 30.1 Å². The second-order valence-electron chi connectivity index (χ2n) is 8.71. The first-order valence-electron chi connectivity index (χ1n) is 11.4. The van der Waals surface area contributed by atoms with Crippen molar-refractivity contribution in [3.63, 3.8) is 0 Å². The smallest absolute Gasteiger partial charge is 0.165 e. The number of rotatable bonds is 3. The van der Waals surface area contributed by atoms with Crippen LogP contribution in [0.5, 0.6) is 11.5 Å². The zero-order chi connectivity index (χ0) is 22.6. The van der Waals surface area contributed by atoms with Gasteiger partial charge in [0.15, 0.2) is 11.5 Å². The molecule has 0 saturated heterocycles. The van der Waals surface area contributed by atoms with Gasteiger partial charge in [-0.15, -0.1) is 12.4 Å². The normalized spacial score (nSPS) is 12.8. The molecule has 2 aromatic heterocycles. The summed E-state index contributed by atoms with van der Waals surface area (Å²) in [6, 6.07) is 25.6. The Bertz CT molecular complexity index is 1640. The number of benzene rings is 4. The van der Waals surface area contributed by atoms with Gasteiger partial charge in [0.05, 0.1) is 6.33 Å². The maximum atomic E-state index is 6.49. The van der Waals surface area contributed by atoms with Gasteiger partial charge in [-0.05, 0) is 40.1 Å². The lowest BCUT2D eigenvalue weighted by Crippen LogP contribution is -2.14. The molecule has 4 aromatic carbocycles. The van der Waals surface area contributed by atoms with Gasteiger partial charge in [0.1, 0.15) is 23.3 Å². The second-order valence-corrected chi connectivity index (χ2v) is 8.71. The van der Waals surface area contributed by atoms with Crippen molar-refractivity contribution in [2.45, 2.75) is 18.9 Å². The zero-order valence-electron chi connectivity index (χ0n) is 18.8. The molecule has 7 heteroatoms. The maximum Gasteiger partial charge on any atom is 0.165 e. The summed E-state index contributed by atoms with van der Waals surface area (Å²) in [6.45, 7) is 0.739. The molecule has 0 amide bonds. The third kappa shape index (κ3) is 3.29. The Hall–Kier alpha value is -4.16. The minimum absolute atomic E-state index is 0. The minimum atomic E-state index is 0. The topological polar surface area (TPSA) is 78.9 Å². The summed E-state index contributed by atoms with van der Waals surface area (Å²) in [5.41, 5.74) is 9.89. The van der Waals surface area contributed by atoms with Crippen molar-refractivity contribution in [1.29, 1.82) is 0 Å². The number of imidazole rings is 1. The number of hydrogen-bond donors (Lipinski definition) is 1. The van der Waals surface area contributed by atoms with Gasteiger partial charge in [0.2, 0.25) is 0 Å². The lowest BCUT2D eigenvalue weighted by molar-refractivity contribution is 0.439. The molecule has 0 atom stereocenters. The Kier molecular flexibility index (Phi) is 5.04. The maximum absolute atomic E-state index is 6.49. The lowest BCUT2D eigenvalue weighted by atomic mass is 9.80. The number of ether oxygens (including phenoxy) is 1. The summed E-state index contributed by atoms with van der Waals surface area (Å²) >= 11 is 0. The van der Waals surface area contributed by atoms with Gasteiger partial charge < -0.3 is 15.0 Å². The summed E-state index contributed by atoms with van der Waals surface area (Å²) < 4.78 is 8.56. The van der Waals surface area contributed by atoms with Crippen LogP contribution in [0.25, 0.3) is 32.7 Å². The van der Waals surface area contributed by atoms with E-state index in [2.05, 4.69) is 92.3 Å². The molecule has 3 heterocycles. The van der Waals surface area contributed by atoms with Gasteiger partial charge in [-0.1, -0.05) is 60.7 Å². The fourth-order valence-corrected chi connectivity index (χ4v) is 5.33. The van der Waals surface area contributed by atoms with Gasteiger partial charge in [0, 0.05) is 23.6 Å². The van der Waals surface area contributed by atoms with Crippen molar-refractivity contribution in [2.75, 3.05) is 5.73 Å². The highest BCUT2D eigenvalue weighted by molar-refractivity contribution is 5.94. The average Bonchev–Trinajstić information content (AvgIpc) is 3.30. The first-order chi connectivity index (χ1) is 16.8. The van der Waals surface area contributed by atoms with Crippen molar-refractivity contribution in [2.24, 2.45) is 0 Å². The highest BCUT2D eigenvalue weighted by Crippen LogP contribution is 2.51. The van der Waals surface area contributed by atoms with Crippen LogP contribution in [-0.2, 0) is 6.54 Å². The molecule has 0 spiro atoms. The molecular weight excluding hydrogens is 458 g/mol. The lowest BCUT2D eigenvalue weighted by Gasteiger charge is -2.31. The number of anilines is 1. The van der Waals surface area contributed by atoms with Crippen LogP contribution in [-0.4, -0.2) is 19.5 Å². The Balaban J connectivity index is 0.00000229. The number of nitrogen functional groups attached to an aromatic ring is 1. The molecule has 0 bridgehead atoms. The minimum Gasteiger partial charge on any atom is -0.457 e. The third-order valence-electron chi connectivity index (χ3n) is 6.87. The van der Waals surface area contributed by atoms with Crippen LogP contribution < -0.4 is 10.5 Å². The van der Waals surface area contributed by atoms with E-state index >= 15 is 0 Å². The van der Waals surface area contributed by atoms with Crippen LogP contribution in [0.1, 0.15) is 23.5 Å². The summed E-state index contributed by atoms with van der Waals surface area (Å²) in [6.07, 6.45) is 4.17. The van der Waals surface area contributed by atoms with Crippen LogP contribution >= 0.6 is 12.4 Å². The van der Waals surface area contributed by atoms with Crippen LogP contribution in [0.4, 0.5) is 5.82 Å². The SMILES string of the molecule is Cl.Nc1ncnc2c1ncn2CCC1c2c(ccc3ccccc23)Oc2ccc3ccccc3c21. The van der Waals surface area contributed by atoms with Crippen molar-refractivity contribution < 1.29 is 4.74 Å². The molecule has 0 fully saturated rings. The van der Waals surface area contributed by atoms with E-state index in [1.807, 2.05) is 6.33 Å². The zero-order valence-corrected chi connectivity index (χ0v) is 19.6. The van der Waals surface area contributed by atoms with E-state index in [-0.39, 0.29) is 18.3 Å². The summed E-state index contributed by atoms with van der Waals surface area (Å²) in [7, 11) is 0. The van der Waals surface area contributed by atoms with E-state index in [1.165, 1.54) is 39.0 Å². The predicted molar refractivity (Wildman–Crippen MR) is 141 cm³/mol. The van der Waals surface area contributed by atoms with E-state index in [9.17, 15) is 0 Å². The number of fused-ring (bicyclic) bond motifs is 7. The number of aromatic nitrogens is 4. The standard InChI is InChI=1S/C28H21N5O.ClH/c29-27-26-28(31-15-30-27)33(16-32-26)14-13-21-24-19-7-3-1-5-17(19)9-11-22(24)34-23-12-10-18-6-2-4-8-20(18)25(21)23;/h1-12,15-16,21H,13-14H2,(H2,29,30,31);1H. The van der Waals surface area contributed by atoms with Gasteiger partial charge >= 0.3 is 0 Å². The Morgan fingerprint density at radius 2 is 1.40 bits per heavy atom. The largest absolute Gasteiger partial charge is 0.457 e. The number of halogens is 1. The van der Waals surface area contributed by atoms with Gasteiger partial charge in [-0.25, -0.2) is 15.0 Å². The van der Waals surface area contributed by atoms with Gasteiger partial charge in [-0.2, -0.15) is 0 Å². The monoisotopic (exact) mass is 479 g/mol. The van der Waals surface area contributed by atoms with E-state index in [4.69, 9.17) is 10.5 Å². The first-order valence-corrected chi connectivity index (χ1v) is 11.4. The molecule has 7 rings (SSSR count). The van der Waals surface area contributed by atoms with Crippen LogP contribution in [0.15, 0.2) is 85.5 Å². The Labute approximate surface area is 207 Å². The number of hydrogen-bond acceptors (Lipinski definition) is 5. The van der Waals surface area contributed by atoms with Crippen molar-refractivity contribution in [3.8, 4) is 11.5 Å². The number of aryl methyl sites for hydroxylation is 1. The van der Waals surface area contributed by atoms with Crippen molar-refractivity contribution in [3.05, 3.63) is 96.6 Å². The molecule has 2 N–H and O–H groups in total. The van der Waals surface area contributed by atoms with Gasteiger partial charge in [0.25, 0.3) is 0 Å². The van der Waals surface area contributed by atoms with Crippen LogP contribution in [0.2, 0.25) is 0 Å². The molecule has 0 radical (unpaired) electrons. The summed E-state index contributed by atoms with van der Waals surface area (Å²) in [4.78, 5) is 13.0. The molecule has 0 unspecified atom stereocenters. The number of nitrogens with two attached hydrogens (primary N) is 1. The molecule has 0 aliphatic carbocycles. The Morgan fingerprint density at radius 1 is 0.771 bits per heavy atom. The van der Waals surface area contributed by atoms with E-state index in [1.54, 1.807) is 0 Å².